The standard InChI is InChI=1S/C31H31F2N3O4/c1-3-17-34-28(38)19-25-22-12-8-9-13-26(22)36(18-16-31(25,32)33)27-15-14-23(29(40-4-2)24(27)20-37)30(39)35-21-10-6-5-7-11-21/h5-15,19,27H,3-4,16-18H2,1-2H3,(H,34,38)(H,35,39). The van der Waals surface area contributed by atoms with E-state index < -0.39 is 30.2 Å². The highest BCUT2D eigenvalue weighted by atomic mass is 19.3. The van der Waals surface area contributed by atoms with Crippen molar-refractivity contribution in [2.75, 3.05) is 29.9 Å². The van der Waals surface area contributed by atoms with Crippen LogP contribution in [-0.4, -0.2) is 49.4 Å². The number of allylic oxidation sites excluding steroid dienone is 1. The van der Waals surface area contributed by atoms with Gasteiger partial charge in [-0.3, -0.25) is 9.59 Å². The van der Waals surface area contributed by atoms with Crippen molar-refractivity contribution in [3.63, 3.8) is 0 Å². The van der Waals surface area contributed by atoms with E-state index in [4.69, 9.17) is 4.74 Å². The average Bonchev–Trinajstić information content (AvgIpc) is 3.06. The third kappa shape index (κ3) is 6.05. The van der Waals surface area contributed by atoms with Crippen LogP contribution < -0.4 is 15.5 Å². The van der Waals surface area contributed by atoms with Crippen LogP contribution in [0.3, 0.4) is 0 Å². The lowest BCUT2D eigenvalue weighted by atomic mass is 9.93. The molecule has 1 heterocycles. The number of ether oxygens (including phenoxy) is 1. The predicted molar refractivity (Wildman–Crippen MR) is 150 cm³/mol. The van der Waals surface area contributed by atoms with E-state index in [0.717, 1.165) is 6.08 Å². The van der Waals surface area contributed by atoms with E-state index in [1.165, 1.54) is 12.1 Å². The SMILES string of the molecule is CCCNC(=O)C=C1c2ccccc2N(C2C=CC(C(=O)Nc3ccccc3)=C(OCC)C2=C=O)CCC1(F)F. The van der Waals surface area contributed by atoms with Crippen molar-refractivity contribution in [2.24, 2.45) is 0 Å². The molecule has 0 fully saturated rings. The van der Waals surface area contributed by atoms with Gasteiger partial charge in [0.15, 0.2) is 0 Å². The third-order valence-electron chi connectivity index (χ3n) is 6.63. The van der Waals surface area contributed by atoms with Crippen LogP contribution in [0.1, 0.15) is 32.3 Å². The van der Waals surface area contributed by atoms with Crippen LogP contribution in [0.5, 0.6) is 0 Å². The maximum Gasteiger partial charge on any atom is 0.275 e. The number of fused-ring (bicyclic) bond motifs is 1. The second kappa shape index (κ2) is 12.6. The number of alkyl halides is 2. The van der Waals surface area contributed by atoms with Gasteiger partial charge in [-0.2, -0.15) is 0 Å². The summed E-state index contributed by atoms with van der Waals surface area (Å²) in [5.41, 5.74) is 0.929. The minimum absolute atomic E-state index is 0.0220. The summed E-state index contributed by atoms with van der Waals surface area (Å²) in [6, 6.07) is 14.5. The van der Waals surface area contributed by atoms with Crippen LogP contribution in [0, 0.1) is 0 Å². The first-order valence-corrected chi connectivity index (χ1v) is 13.2. The van der Waals surface area contributed by atoms with Crippen LogP contribution in [0.4, 0.5) is 20.2 Å². The fraction of sp³-hybridized carbons (Fsp3) is 0.290. The summed E-state index contributed by atoms with van der Waals surface area (Å²) in [7, 11) is 0. The number of rotatable bonds is 8. The number of nitrogens with one attached hydrogen (secondary N) is 2. The highest BCUT2D eigenvalue weighted by Gasteiger charge is 2.43. The number of carbonyl (C=O) groups is 2. The van der Waals surface area contributed by atoms with E-state index >= 15 is 8.78 Å². The molecule has 208 valence electrons. The molecule has 0 radical (unpaired) electrons. The number of carbonyl (C=O) groups excluding carboxylic acids is 3. The van der Waals surface area contributed by atoms with Gasteiger partial charge in [0.25, 0.3) is 11.8 Å². The second-order valence-corrected chi connectivity index (χ2v) is 9.33. The van der Waals surface area contributed by atoms with Gasteiger partial charge in [-0.25, -0.2) is 13.6 Å². The average molecular weight is 548 g/mol. The second-order valence-electron chi connectivity index (χ2n) is 9.33. The zero-order chi connectivity index (χ0) is 28.7. The smallest absolute Gasteiger partial charge is 0.275 e. The number of hydrogen-bond donors (Lipinski definition) is 2. The molecule has 40 heavy (non-hydrogen) atoms. The Kier molecular flexibility index (Phi) is 8.97. The molecule has 9 heteroatoms. The fourth-order valence-electron chi connectivity index (χ4n) is 4.77. The van der Waals surface area contributed by atoms with Gasteiger partial charge in [-0.05, 0) is 37.6 Å². The van der Waals surface area contributed by atoms with Crippen molar-refractivity contribution in [3.05, 3.63) is 95.3 Å². The number of nitrogens with zero attached hydrogens (tertiary/aromatic N) is 1. The molecule has 2 aromatic rings. The van der Waals surface area contributed by atoms with Crippen molar-refractivity contribution in [2.45, 2.75) is 38.7 Å². The molecule has 0 aromatic heterocycles. The van der Waals surface area contributed by atoms with E-state index in [2.05, 4.69) is 10.6 Å². The van der Waals surface area contributed by atoms with Gasteiger partial charge < -0.3 is 20.3 Å². The topological polar surface area (TPSA) is 87.7 Å². The van der Waals surface area contributed by atoms with Gasteiger partial charge >= 0.3 is 0 Å². The molecule has 0 saturated heterocycles. The Morgan fingerprint density at radius 2 is 1.85 bits per heavy atom. The van der Waals surface area contributed by atoms with Crippen molar-refractivity contribution in [3.8, 4) is 0 Å². The minimum Gasteiger partial charge on any atom is -0.492 e. The van der Waals surface area contributed by atoms with E-state index in [9.17, 15) is 14.4 Å². The van der Waals surface area contributed by atoms with Crippen molar-refractivity contribution in [1.82, 2.24) is 5.32 Å². The Hall–Kier alpha value is -4.49. The number of para-hydroxylation sites is 2. The molecule has 0 bridgehead atoms. The van der Waals surface area contributed by atoms with Crippen LogP contribution in [0.25, 0.3) is 5.57 Å². The summed E-state index contributed by atoms with van der Waals surface area (Å²) < 4.78 is 36.8. The Morgan fingerprint density at radius 1 is 1.12 bits per heavy atom. The lowest BCUT2D eigenvalue weighted by molar-refractivity contribution is -0.116. The number of anilines is 2. The highest BCUT2D eigenvalue weighted by Crippen LogP contribution is 2.45. The van der Waals surface area contributed by atoms with E-state index in [1.54, 1.807) is 60.4 Å². The van der Waals surface area contributed by atoms with Crippen molar-refractivity contribution < 1.29 is 27.9 Å². The van der Waals surface area contributed by atoms with Crippen LogP contribution in [0.15, 0.2) is 89.7 Å². The van der Waals surface area contributed by atoms with E-state index in [1.807, 2.05) is 18.9 Å². The Morgan fingerprint density at radius 3 is 2.55 bits per heavy atom. The molecular formula is C31H31F2N3O4. The first kappa shape index (κ1) is 28.5. The van der Waals surface area contributed by atoms with Gasteiger partial charge in [0.1, 0.15) is 17.3 Å². The molecule has 7 nitrogen and oxygen atoms in total. The Labute approximate surface area is 231 Å². The Balaban J connectivity index is 1.74. The lowest BCUT2D eigenvalue weighted by Crippen LogP contribution is -2.40. The van der Waals surface area contributed by atoms with Gasteiger partial charge in [0.05, 0.1) is 18.2 Å². The monoisotopic (exact) mass is 547 g/mol. The number of halogens is 2. The number of hydrogen-bond acceptors (Lipinski definition) is 5. The normalized spacial score (nSPS) is 19.0. The fourth-order valence-corrected chi connectivity index (χ4v) is 4.77. The first-order chi connectivity index (χ1) is 19.3. The highest BCUT2D eigenvalue weighted by molar-refractivity contribution is 6.07. The Bertz CT molecular complexity index is 1410. The summed E-state index contributed by atoms with van der Waals surface area (Å²) in [5.74, 6) is -2.43. The molecule has 1 aliphatic carbocycles. The molecule has 0 spiro atoms. The first-order valence-electron chi connectivity index (χ1n) is 13.2. The quantitative estimate of drug-likeness (QED) is 0.356. The molecule has 1 atom stereocenters. The molecule has 0 saturated carbocycles. The van der Waals surface area contributed by atoms with E-state index in [-0.39, 0.29) is 41.2 Å². The molecule has 1 aliphatic heterocycles. The predicted octanol–water partition coefficient (Wildman–Crippen LogP) is 5.07. The van der Waals surface area contributed by atoms with Gasteiger partial charge in [0, 0.05) is 48.1 Å². The summed E-state index contributed by atoms with van der Waals surface area (Å²) in [5, 5.41) is 5.41. The van der Waals surface area contributed by atoms with Crippen LogP contribution in [0.2, 0.25) is 0 Å². The summed E-state index contributed by atoms with van der Waals surface area (Å²) in [6.07, 6.45) is 4.18. The maximum absolute atomic E-state index is 15.5. The maximum atomic E-state index is 15.5. The van der Waals surface area contributed by atoms with Gasteiger partial charge in [0.2, 0.25) is 5.91 Å². The summed E-state index contributed by atoms with van der Waals surface area (Å²) >= 11 is 0. The molecule has 2 aromatic carbocycles. The van der Waals surface area contributed by atoms with E-state index in [0.29, 0.717) is 24.3 Å². The number of benzene rings is 2. The molecule has 4 rings (SSSR count). The molecule has 2 amide bonds. The molecule has 1 unspecified atom stereocenters. The van der Waals surface area contributed by atoms with Crippen LogP contribution in [-0.2, 0) is 19.1 Å². The third-order valence-corrected chi connectivity index (χ3v) is 6.63. The molecular weight excluding hydrogens is 516 g/mol. The van der Waals surface area contributed by atoms with Crippen molar-refractivity contribution in [1.29, 1.82) is 0 Å². The van der Waals surface area contributed by atoms with Crippen molar-refractivity contribution >= 4 is 34.7 Å². The van der Waals surface area contributed by atoms with Gasteiger partial charge in [-0.1, -0.05) is 49.4 Å². The lowest BCUT2D eigenvalue weighted by Gasteiger charge is -2.34. The number of amides is 2. The summed E-state index contributed by atoms with van der Waals surface area (Å²) in [4.78, 5) is 39.6. The van der Waals surface area contributed by atoms with Crippen LogP contribution >= 0.6 is 0 Å². The van der Waals surface area contributed by atoms with Gasteiger partial charge in [-0.15, -0.1) is 0 Å². The largest absolute Gasteiger partial charge is 0.492 e. The zero-order valence-corrected chi connectivity index (χ0v) is 22.4. The summed E-state index contributed by atoms with van der Waals surface area (Å²) in [6.45, 7) is 3.99. The molecule has 2 N–H and O–H groups in total. The minimum atomic E-state index is -3.31. The zero-order valence-electron chi connectivity index (χ0n) is 22.4. The molecule has 2 aliphatic rings.